The molecule has 0 aliphatic carbocycles. The zero-order valence-electron chi connectivity index (χ0n) is 14.0. The molecule has 0 bridgehead atoms. The molecule has 24 heavy (non-hydrogen) atoms. The van der Waals surface area contributed by atoms with Crippen molar-refractivity contribution in [2.75, 3.05) is 7.11 Å². The molecule has 5 nitrogen and oxygen atoms in total. The van der Waals surface area contributed by atoms with Crippen molar-refractivity contribution < 1.29 is 36.7 Å². The summed E-state index contributed by atoms with van der Waals surface area (Å²) in [6.07, 6.45) is -4.88. The van der Waals surface area contributed by atoms with E-state index in [0.717, 1.165) is 6.07 Å². The first-order valence-corrected chi connectivity index (χ1v) is 7.20. The minimum absolute atomic E-state index is 0.0334. The van der Waals surface area contributed by atoms with Gasteiger partial charge in [0.25, 0.3) is 0 Å². The molecule has 1 saturated heterocycles. The van der Waals surface area contributed by atoms with E-state index >= 15 is 0 Å². The van der Waals surface area contributed by atoms with Gasteiger partial charge in [0.2, 0.25) is 0 Å². The zero-order chi connectivity index (χ0) is 18.3. The Kier molecular flexibility index (Phi) is 4.62. The lowest BCUT2D eigenvalue weighted by molar-refractivity contribution is -0.274. The van der Waals surface area contributed by atoms with E-state index in [1.54, 1.807) is 27.7 Å². The number of rotatable bonds is 3. The van der Waals surface area contributed by atoms with Crippen LogP contribution in [-0.4, -0.2) is 37.8 Å². The highest BCUT2D eigenvalue weighted by atomic mass is 19.4. The number of esters is 1. The predicted molar refractivity (Wildman–Crippen MR) is 80.2 cm³/mol. The Balaban J connectivity index is 2.47. The van der Waals surface area contributed by atoms with Gasteiger partial charge in [0.05, 0.1) is 23.9 Å². The molecular formula is C15H18BF3O5. The molecule has 0 amide bonds. The number of carbonyl (C=O) groups excluding carboxylic acids is 1. The van der Waals surface area contributed by atoms with Crippen LogP contribution in [0.3, 0.4) is 0 Å². The van der Waals surface area contributed by atoms with Crippen molar-refractivity contribution in [1.29, 1.82) is 0 Å². The van der Waals surface area contributed by atoms with E-state index in [1.807, 2.05) is 0 Å². The first kappa shape index (κ1) is 18.6. The lowest BCUT2D eigenvalue weighted by atomic mass is 9.77. The van der Waals surface area contributed by atoms with E-state index in [0.29, 0.717) is 0 Å². The van der Waals surface area contributed by atoms with E-state index in [2.05, 4.69) is 9.47 Å². The van der Waals surface area contributed by atoms with Gasteiger partial charge in [-0.15, -0.1) is 13.2 Å². The van der Waals surface area contributed by atoms with Crippen LogP contribution >= 0.6 is 0 Å². The molecule has 0 aromatic heterocycles. The Morgan fingerprint density at radius 3 is 2.12 bits per heavy atom. The van der Waals surface area contributed by atoms with Crippen molar-refractivity contribution in [2.45, 2.75) is 45.3 Å². The molecule has 0 radical (unpaired) electrons. The number of ether oxygens (including phenoxy) is 2. The van der Waals surface area contributed by atoms with Crippen molar-refractivity contribution in [3.05, 3.63) is 23.8 Å². The van der Waals surface area contributed by atoms with Gasteiger partial charge in [0.1, 0.15) is 5.75 Å². The van der Waals surface area contributed by atoms with Crippen LogP contribution in [-0.2, 0) is 14.0 Å². The third-order valence-electron chi connectivity index (χ3n) is 4.16. The molecule has 2 rings (SSSR count). The van der Waals surface area contributed by atoms with Crippen LogP contribution < -0.4 is 10.2 Å². The van der Waals surface area contributed by atoms with Gasteiger partial charge in [0.15, 0.2) is 0 Å². The lowest BCUT2D eigenvalue weighted by Crippen LogP contribution is -2.41. The average Bonchev–Trinajstić information content (AvgIpc) is 2.65. The van der Waals surface area contributed by atoms with Gasteiger partial charge in [-0.1, -0.05) is 0 Å². The number of methoxy groups -OCH3 is 1. The number of carbonyl (C=O) groups is 1. The Hall–Kier alpha value is -1.74. The first-order valence-electron chi connectivity index (χ1n) is 7.20. The third kappa shape index (κ3) is 3.67. The number of benzene rings is 1. The molecule has 132 valence electrons. The first-order chi connectivity index (χ1) is 10.9. The molecule has 1 aromatic carbocycles. The van der Waals surface area contributed by atoms with Gasteiger partial charge in [-0.25, -0.2) is 4.79 Å². The van der Waals surface area contributed by atoms with Crippen LogP contribution in [0.15, 0.2) is 18.2 Å². The topological polar surface area (TPSA) is 54.0 Å². The van der Waals surface area contributed by atoms with Gasteiger partial charge >= 0.3 is 19.5 Å². The van der Waals surface area contributed by atoms with Crippen LogP contribution in [0, 0.1) is 0 Å². The number of hydrogen-bond donors (Lipinski definition) is 0. The van der Waals surface area contributed by atoms with Gasteiger partial charge < -0.3 is 18.8 Å². The standard InChI is InChI=1S/C15H18BF3O5/c1-13(2)14(3,4)24-16(23-13)10-8-9(12(20)21-5)6-7-11(10)22-15(17,18)19/h6-8H,1-5H3. The minimum atomic E-state index is -4.88. The second-order valence-corrected chi connectivity index (χ2v) is 6.38. The molecule has 0 saturated carbocycles. The van der Waals surface area contributed by atoms with Gasteiger partial charge in [-0.05, 0) is 45.9 Å². The number of halogens is 3. The molecule has 1 aliphatic heterocycles. The normalized spacial score (nSPS) is 19.2. The predicted octanol–water partition coefficient (Wildman–Crippen LogP) is 2.67. The van der Waals surface area contributed by atoms with Crippen molar-refractivity contribution >= 4 is 18.6 Å². The molecule has 0 atom stereocenters. The molecule has 0 N–H and O–H groups in total. The molecule has 1 fully saturated rings. The second-order valence-electron chi connectivity index (χ2n) is 6.38. The van der Waals surface area contributed by atoms with Crippen LogP contribution in [0.25, 0.3) is 0 Å². The molecule has 1 aromatic rings. The maximum atomic E-state index is 12.6. The maximum absolute atomic E-state index is 12.6. The summed E-state index contributed by atoms with van der Waals surface area (Å²) in [5.41, 5.74) is -1.48. The molecule has 1 aliphatic rings. The maximum Gasteiger partial charge on any atom is 0.573 e. The summed E-state index contributed by atoms with van der Waals surface area (Å²) in [5.74, 6) is -1.18. The Morgan fingerprint density at radius 1 is 1.12 bits per heavy atom. The Bertz CT molecular complexity index is 626. The summed E-state index contributed by atoms with van der Waals surface area (Å²) >= 11 is 0. The third-order valence-corrected chi connectivity index (χ3v) is 4.16. The van der Waals surface area contributed by atoms with E-state index in [1.165, 1.54) is 19.2 Å². The van der Waals surface area contributed by atoms with E-state index < -0.39 is 36.4 Å². The summed E-state index contributed by atoms with van der Waals surface area (Å²) in [7, 11) is 0.0636. The lowest BCUT2D eigenvalue weighted by Gasteiger charge is -2.32. The zero-order valence-corrected chi connectivity index (χ0v) is 14.0. The smallest absolute Gasteiger partial charge is 0.465 e. The highest BCUT2D eigenvalue weighted by molar-refractivity contribution is 6.63. The fourth-order valence-corrected chi connectivity index (χ4v) is 2.17. The number of alkyl halides is 3. The van der Waals surface area contributed by atoms with Crippen LogP contribution in [0.1, 0.15) is 38.1 Å². The van der Waals surface area contributed by atoms with Crippen LogP contribution in [0.5, 0.6) is 5.75 Å². The van der Waals surface area contributed by atoms with E-state index in [9.17, 15) is 18.0 Å². The van der Waals surface area contributed by atoms with Gasteiger partial charge in [-0.3, -0.25) is 0 Å². The summed E-state index contributed by atoms with van der Waals surface area (Å²) in [4.78, 5) is 11.7. The van der Waals surface area contributed by atoms with Crippen molar-refractivity contribution in [1.82, 2.24) is 0 Å². The highest BCUT2D eigenvalue weighted by Crippen LogP contribution is 2.37. The summed E-state index contributed by atoms with van der Waals surface area (Å²) in [6.45, 7) is 7.06. The fourth-order valence-electron chi connectivity index (χ4n) is 2.17. The molecule has 1 heterocycles. The van der Waals surface area contributed by atoms with Crippen molar-refractivity contribution in [2.24, 2.45) is 0 Å². The molecule has 0 unspecified atom stereocenters. The van der Waals surface area contributed by atoms with Crippen molar-refractivity contribution in [3.63, 3.8) is 0 Å². The minimum Gasteiger partial charge on any atom is -0.465 e. The quantitative estimate of drug-likeness (QED) is 0.622. The monoisotopic (exact) mass is 346 g/mol. The summed E-state index contributed by atoms with van der Waals surface area (Å²) in [6, 6.07) is 3.44. The Labute approximate surface area is 138 Å². The van der Waals surface area contributed by atoms with Gasteiger partial charge in [-0.2, -0.15) is 0 Å². The molecule has 0 spiro atoms. The van der Waals surface area contributed by atoms with Crippen LogP contribution in [0.4, 0.5) is 13.2 Å². The van der Waals surface area contributed by atoms with Gasteiger partial charge in [0, 0.05) is 5.46 Å². The second kappa shape index (κ2) is 5.96. The molecular weight excluding hydrogens is 328 g/mol. The molecule has 9 heteroatoms. The Morgan fingerprint density at radius 2 is 1.67 bits per heavy atom. The van der Waals surface area contributed by atoms with E-state index in [4.69, 9.17) is 9.31 Å². The largest absolute Gasteiger partial charge is 0.573 e. The number of hydrogen-bond acceptors (Lipinski definition) is 5. The van der Waals surface area contributed by atoms with E-state index in [-0.39, 0.29) is 11.0 Å². The van der Waals surface area contributed by atoms with Crippen molar-refractivity contribution in [3.8, 4) is 5.75 Å². The summed E-state index contributed by atoms with van der Waals surface area (Å²) < 4.78 is 58.1. The fraction of sp³-hybridized carbons (Fsp3) is 0.533. The average molecular weight is 346 g/mol. The van der Waals surface area contributed by atoms with Crippen LogP contribution in [0.2, 0.25) is 0 Å². The highest BCUT2D eigenvalue weighted by Gasteiger charge is 2.53. The SMILES string of the molecule is COC(=O)c1ccc(OC(F)(F)F)c(B2OC(C)(C)C(C)(C)O2)c1. The summed E-state index contributed by atoms with van der Waals surface area (Å²) in [5, 5.41) is 0.